The Balaban J connectivity index is 3.11. The molecule has 0 radical (unpaired) electrons. The van der Waals surface area contributed by atoms with Crippen molar-refractivity contribution in [2.45, 2.75) is 13.8 Å². The van der Waals surface area contributed by atoms with Gasteiger partial charge in [0.15, 0.2) is 5.78 Å². The quantitative estimate of drug-likeness (QED) is 0.705. The summed E-state index contributed by atoms with van der Waals surface area (Å²) in [6, 6.07) is 3.82. The summed E-state index contributed by atoms with van der Waals surface area (Å²) in [5.41, 5.74) is 2.45. The van der Waals surface area contributed by atoms with E-state index in [1.54, 1.807) is 19.3 Å². The number of allylic oxidation sites excluding steroid dienone is 1. The van der Waals surface area contributed by atoms with Crippen molar-refractivity contribution in [2.24, 2.45) is 0 Å². The van der Waals surface area contributed by atoms with Crippen molar-refractivity contribution in [3.05, 3.63) is 35.8 Å². The van der Waals surface area contributed by atoms with E-state index < -0.39 is 0 Å². The number of nitrogens with zero attached hydrogens (tertiary/aromatic N) is 2. The second kappa shape index (κ2) is 4.73. The summed E-state index contributed by atoms with van der Waals surface area (Å²) >= 11 is 0. The Labute approximate surface area is 90.4 Å². The van der Waals surface area contributed by atoms with Gasteiger partial charge in [0.1, 0.15) is 0 Å². The second-order valence-electron chi connectivity index (χ2n) is 3.78. The molecule has 0 aliphatic carbocycles. The zero-order chi connectivity index (χ0) is 11.4. The highest BCUT2D eigenvalue weighted by molar-refractivity contribution is 6.18. The number of Topliss-reactive ketones (excluding diaryl/α,β-unsaturated/α-hetero) is 1. The summed E-state index contributed by atoms with van der Waals surface area (Å²) in [4.78, 5) is 17.5. The van der Waals surface area contributed by atoms with Crippen LogP contribution < -0.4 is 0 Å². The minimum absolute atomic E-state index is 0.0278. The molecule has 0 bridgehead atoms. The van der Waals surface area contributed by atoms with E-state index in [1.807, 2.05) is 38.1 Å². The number of carbonyl (C=O) groups excluding carboxylic acids is 1. The molecule has 1 heterocycles. The molecule has 3 heteroatoms. The summed E-state index contributed by atoms with van der Waals surface area (Å²) in [7, 11) is 3.77. The maximum Gasteiger partial charge on any atom is 0.163 e. The largest absolute Gasteiger partial charge is 0.383 e. The fourth-order valence-corrected chi connectivity index (χ4v) is 1.22. The summed E-state index contributed by atoms with van der Waals surface area (Å²) in [6.45, 7) is 3.52. The molecule has 15 heavy (non-hydrogen) atoms. The molecular weight excluding hydrogens is 188 g/mol. The van der Waals surface area contributed by atoms with Gasteiger partial charge in [-0.05, 0) is 25.5 Å². The number of aryl methyl sites for hydroxylation is 1. The van der Waals surface area contributed by atoms with E-state index in [9.17, 15) is 4.79 Å². The molecule has 0 atom stereocenters. The second-order valence-corrected chi connectivity index (χ2v) is 3.78. The van der Waals surface area contributed by atoms with Gasteiger partial charge in [0.25, 0.3) is 0 Å². The number of carbonyl (C=O) groups is 1. The first-order chi connectivity index (χ1) is 7.00. The predicted molar refractivity (Wildman–Crippen MR) is 61.3 cm³/mol. The number of hydrogen-bond donors (Lipinski definition) is 0. The highest BCUT2D eigenvalue weighted by atomic mass is 16.1. The molecule has 1 aromatic heterocycles. The van der Waals surface area contributed by atoms with E-state index in [0.717, 1.165) is 11.3 Å². The third-order valence-electron chi connectivity index (χ3n) is 1.95. The van der Waals surface area contributed by atoms with Crippen LogP contribution in [0.1, 0.15) is 18.2 Å². The van der Waals surface area contributed by atoms with Crippen LogP contribution in [0.4, 0.5) is 0 Å². The minimum Gasteiger partial charge on any atom is -0.383 e. The van der Waals surface area contributed by atoms with Gasteiger partial charge in [-0.2, -0.15) is 0 Å². The topological polar surface area (TPSA) is 33.2 Å². The van der Waals surface area contributed by atoms with Crippen molar-refractivity contribution in [1.82, 2.24) is 9.88 Å². The van der Waals surface area contributed by atoms with Crippen LogP contribution in [-0.2, 0) is 4.79 Å². The van der Waals surface area contributed by atoms with Crippen LogP contribution in [0.3, 0.4) is 0 Å². The van der Waals surface area contributed by atoms with Crippen molar-refractivity contribution in [3.8, 4) is 0 Å². The average molecular weight is 204 g/mol. The lowest BCUT2D eigenvalue weighted by atomic mass is 10.1. The molecule has 0 N–H and O–H groups in total. The minimum atomic E-state index is 0.0278. The Morgan fingerprint density at radius 2 is 2.07 bits per heavy atom. The Bertz CT molecular complexity index is 377. The van der Waals surface area contributed by atoms with Crippen LogP contribution in [0.15, 0.2) is 24.5 Å². The molecule has 80 valence electrons. The fourth-order valence-electron chi connectivity index (χ4n) is 1.22. The molecule has 1 aromatic rings. The molecule has 0 spiro atoms. The lowest BCUT2D eigenvalue weighted by Gasteiger charge is -2.09. The number of ketones is 1. The SMILES string of the molecule is CC(=O)/C(=C\N(C)C)c1ccc(C)cn1. The third kappa shape index (κ3) is 3.20. The van der Waals surface area contributed by atoms with Gasteiger partial charge in [-0.25, -0.2) is 0 Å². The van der Waals surface area contributed by atoms with Crippen molar-refractivity contribution in [3.63, 3.8) is 0 Å². The first-order valence-corrected chi connectivity index (χ1v) is 4.83. The first-order valence-electron chi connectivity index (χ1n) is 4.83. The summed E-state index contributed by atoms with van der Waals surface area (Å²) < 4.78 is 0. The molecular formula is C12H16N2O. The van der Waals surface area contributed by atoms with E-state index in [0.29, 0.717) is 5.57 Å². The van der Waals surface area contributed by atoms with Gasteiger partial charge in [0.05, 0.1) is 11.3 Å². The van der Waals surface area contributed by atoms with E-state index in [-0.39, 0.29) is 5.78 Å². The Morgan fingerprint density at radius 1 is 1.40 bits per heavy atom. The summed E-state index contributed by atoms with van der Waals surface area (Å²) in [5.74, 6) is 0.0278. The molecule has 0 aliphatic rings. The molecule has 0 aliphatic heterocycles. The molecule has 3 nitrogen and oxygen atoms in total. The Kier molecular flexibility index (Phi) is 3.61. The van der Waals surface area contributed by atoms with Gasteiger partial charge in [-0.1, -0.05) is 6.07 Å². The van der Waals surface area contributed by atoms with Crippen LogP contribution in [0.25, 0.3) is 5.57 Å². The maximum absolute atomic E-state index is 11.4. The van der Waals surface area contributed by atoms with E-state index >= 15 is 0 Å². The Morgan fingerprint density at radius 3 is 2.47 bits per heavy atom. The fraction of sp³-hybridized carbons (Fsp3) is 0.333. The first kappa shape index (κ1) is 11.4. The van der Waals surface area contributed by atoms with Gasteiger partial charge < -0.3 is 4.90 Å². The maximum atomic E-state index is 11.4. The van der Waals surface area contributed by atoms with Crippen LogP contribution >= 0.6 is 0 Å². The van der Waals surface area contributed by atoms with Crippen molar-refractivity contribution < 1.29 is 4.79 Å². The van der Waals surface area contributed by atoms with Crippen molar-refractivity contribution in [2.75, 3.05) is 14.1 Å². The van der Waals surface area contributed by atoms with Crippen LogP contribution in [0.2, 0.25) is 0 Å². The highest BCUT2D eigenvalue weighted by Gasteiger charge is 2.08. The smallest absolute Gasteiger partial charge is 0.163 e. The van der Waals surface area contributed by atoms with Crippen molar-refractivity contribution >= 4 is 11.4 Å². The van der Waals surface area contributed by atoms with Crippen LogP contribution in [0.5, 0.6) is 0 Å². The lowest BCUT2D eigenvalue weighted by Crippen LogP contribution is -2.07. The molecule has 0 aromatic carbocycles. The lowest BCUT2D eigenvalue weighted by molar-refractivity contribution is -0.111. The van der Waals surface area contributed by atoms with Gasteiger partial charge in [-0.3, -0.25) is 9.78 Å². The highest BCUT2D eigenvalue weighted by Crippen LogP contribution is 2.13. The molecule has 0 unspecified atom stereocenters. The molecule has 0 amide bonds. The van der Waals surface area contributed by atoms with E-state index in [1.165, 1.54) is 0 Å². The van der Waals surface area contributed by atoms with Crippen LogP contribution in [0, 0.1) is 6.92 Å². The number of pyridine rings is 1. The third-order valence-corrected chi connectivity index (χ3v) is 1.95. The predicted octanol–water partition coefficient (Wildman–Crippen LogP) is 1.88. The number of rotatable bonds is 3. The van der Waals surface area contributed by atoms with E-state index in [2.05, 4.69) is 4.98 Å². The monoisotopic (exact) mass is 204 g/mol. The molecule has 0 fully saturated rings. The van der Waals surface area contributed by atoms with E-state index in [4.69, 9.17) is 0 Å². The van der Waals surface area contributed by atoms with Gasteiger partial charge in [-0.15, -0.1) is 0 Å². The Hall–Kier alpha value is -1.64. The normalized spacial score (nSPS) is 11.3. The summed E-state index contributed by atoms with van der Waals surface area (Å²) in [6.07, 6.45) is 3.56. The molecule has 0 saturated heterocycles. The van der Waals surface area contributed by atoms with Crippen LogP contribution in [-0.4, -0.2) is 29.8 Å². The van der Waals surface area contributed by atoms with Crippen molar-refractivity contribution in [1.29, 1.82) is 0 Å². The summed E-state index contributed by atoms with van der Waals surface area (Å²) in [5, 5.41) is 0. The molecule has 1 rings (SSSR count). The average Bonchev–Trinajstić information content (AvgIpc) is 2.15. The zero-order valence-corrected chi connectivity index (χ0v) is 9.61. The standard InChI is InChI=1S/C12H16N2O/c1-9-5-6-12(13-7-9)11(10(2)15)8-14(3)4/h5-8H,1-4H3/b11-8+. The molecule has 0 saturated carbocycles. The number of hydrogen-bond acceptors (Lipinski definition) is 3. The number of aromatic nitrogens is 1. The van der Waals surface area contributed by atoms with Gasteiger partial charge in [0.2, 0.25) is 0 Å². The van der Waals surface area contributed by atoms with Gasteiger partial charge in [0, 0.05) is 26.5 Å². The zero-order valence-electron chi connectivity index (χ0n) is 9.61. The van der Waals surface area contributed by atoms with Gasteiger partial charge >= 0.3 is 0 Å².